The van der Waals surface area contributed by atoms with E-state index in [2.05, 4.69) is 43.3 Å². The maximum absolute atomic E-state index is 12.6. The lowest BCUT2D eigenvalue weighted by Gasteiger charge is -2.31. The molecule has 3 rings (SSSR count). The van der Waals surface area contributed by atoms with Crippen LogP contribution in [0.25, 0.3) is 5.69 Å². The predicted octanol–water partition coefficient (Wildman–Crippen LogP) is 1.43. The summed E-state index contributed by atoms with van der Waals surface area (Å²) in [6.45, 7) is 12.3. The molecule has 1 aliphatic heterocycles. The van der Waals surface area contributed by atoms with Gasteiger partial charge in [-0.05, 0) is 46.8 Å². The van der Waals surface area contributed by atoms with Crippen molar-refractivity contribution in [3.8, 4) is 5.69 Å². The van der Waals surface area contributed by atoms with Crippen LogP contribution in [0, 0.1) is 20.8 Å². The zero-order chi connectivity index (χ0) is 18.8. The van der Waals surface area contributed by atoms with Gasteiger partial charge in [-0.2, -0.15) is 5.10 Å². The summed E-state index contributed by atoms with van der Waals surface area (Å²) >= 11 is 0. The number of morpholine rings is 1. The zero-order valence-corrected chi connectivity index (χ0v) is 16.3. The fourth-order valence-electron chi connectivity index (χ4n) is 3.71. The maximum Gasteiger partial charge on any atom is 0.279 e. The van der Waals surface area contributed by atoms with Crippen LogP contribution in [0.4, 0.5) is 5.69 Å². The maximum atomic E-state index is 12.6. The van der Waals surface area contributed by atoms with E-state index in [1.165, 1.54) is 10.5 Å². The van der Waals surface area contributed by atoms with Crippen LogP contribution in [-0.2, 0) is 9.53 Å². The number of aryl methyl sites for hydroxylation is 2. The van der Waals surface area contributed by atoms with Crippen molar-refractivity contribution in [2.45, 2.75) is 46.8 Å². The Labute approximate surface area is 155 Å². The lowest BCUT2D eigenvalue weighted by Crippen LogP contribution is -3.16. The van der Waals surface area contributed by atoms with Gasteiger partial charge in [0.25, 0.3) is 5.91 Å². The van der Waals surface area contributed by atoms with Crippen LogP contribution in [0.1, 0.15) is 30.8 Å². The minimum Gasteiger partial charge on any atom is -0.364 e. The van der Waals surface area contributed by atoms with Crippen molar-refractivity contribution < 1.29 is 14.4 Å². The molecule has 2 N–H and O–H groups in total. The average Bonchev–Trinajstić information content (AvgIpc) is 2.83. The van der Waals surface area contributed by atoms with Gasteiger partial charge in [0.05, 0.1) is 22.8 Å². The normalized spacial score (nSPS) is 23.0. The van der Waals surface area contributed by atoms with Crippen LogP contribution >= 0.6 is 0 Å². The van der Waals surface area contributed by atoms with E-state index in [1.807, 2.05) is 30.7 Å². The molecule has 1 saturated heterocycles. The lowest BCUT2D eigenvalue weighted by molar-refractivity contribution is -0.907. The standard InChI is InChI=1S/C20H28N4O2/c1-13-6-8-18(9-7-13)24-17(5)20(16(4)22-24)21-19(25)12-23-10-14(2)26-15(3)11-23/h6-9,14-15H,10-12H2,1-5H3,(H,21,25)/p+1/t14-,15-/m1/s1. The number of amides is 1. The number of nitrogens with zero attached hydrogens (tertiary/aromatic N) is 2. The van der Waals surface area contributed by atoms with E-state index >= 15 is 0 Å². The minimum absolute atomic E-state index is 0.0240. The van der Waals surface area contributed by atoms with E-state index in [-0.39, 0.29) is 18.1 Å². The van der Waals surface area contributed by atoms with Gasteiger partial charge in [0.15, 0.2) is 6.54 Å². The minimum atomic E-state index is 0.0240. The first kappa shape index (κ1) is 18.6. The highest BCUT2D eigenvalue weighted by atomic mass is 16.5. The number of rotatable bonds is 4. The van der Waals surface area contributed by atoms with Crippen LogP contribution in [0.3, 0.4) is 0 Å². The first-order chi connectivity index (χ1) is 12.3. The van der Waals surface area contributed by atoms with Crippen molar-refractivity contribution in [3.63, 3.8) is 0 Å². The third-order valence-electron chi connectivity index (χ3n) is 4.86. The fraction of sp³-hybridized carbons (Fsp3) is 0.500. The highest BCUT2D eigenvalue weighted by Gasteiger charge is 2.27. The SMILES string of the molecule is Cc1ccc(-n2nc(C)c(NC(=O)C[NH+]3C[C@@H](C)O[C@H](C)C3)c2C)cc1. The molecule has 1 aliphatic rings. The quantitative estimate of drug-likeness (QED) is 0.870. The second-order valence-electron chi connectivity index (χ2n) is 7.43. The molecule has 0 spiro atoms. The molecule has 2 heterocycles. The number of benzene rings is 1. The molecule has 1 fully saturated rings. The Kier molecular flexibility index (Phi) is 5.44. The van der Waals surface area contributed by atoms with Crippen molar-refractivity contribution >= 4 is 11.6 Å². The number of ether oxygens (including phenoxy) is 1. The molecule has 6 heteroatoms. The van der Waals surface area contributed by atoms with Gasteiger partial charge < -0.3 is 15.0 Å². The van der Waals surface area contributed by atoms with Gasteiger partial charge in [0, 0.05) is 0 Å². The Bertz CT molecular complexity index is 772. The van der Waals surface area contributed by atoms with Crippen molar-refractivity contribution in [1.82, 2.24) is 9.78 Å². The number of hydrogen-bond acceptors (Lipinski definition) is 3. The molecule has 2 aromatic rings. The third-order valence-corrected chi connectivity index (χ3v) is 4.86. The summed E-state index contributed by atoms with van der Waals surface area (Å²) in [5.41, 5.74) is 4.79. The number of hydrogen-bond donors (Lipinski definition) is 2. The third kappa shape index (κ3) is 4.14. The summed E-state index contributed by atoms with van der Waals surface area (Å²) in [6, 6.07) is 8.21. The molecule has 1 aromatic carbocycles. The van der Waals surface area contributed by atoms with Gasteiger partial charge in [-0.25, -0.2) is 4.68 Å². The highest BCUT2D eigenvalue weighted by Crippen LogP contribution is 2.22. The number of carbonyl (C=O) groups excluding carboxylic acids is 1. The molecule has 2 atom stereocenters. The molecule has 140 valence electrons. The first-order valence-corrected chi connectivity index (χ1v) is 9.25. The molecule has 6 nitrogen and oxygen atoms in total. The smallest absolute Gasteiger partial charge is 0.279 e. The zero-order valence-electron chi connectivity index (χ0n) is 16.3. The molecule has 0 saturated carbocycles. The number of carbonyl (C=O) groups is 1. The van der Waals surface area contributed by atoms with Crippen LogP contribution in [0.2, 0.25) is 0 Å². The topological polar surface area (TPSA) is 60.6 Å². The van der Waals surface area contributed by atoms with Crippen molar-refractivity contribution in [2.75, 3.05) is 25.0 Å². The second kappa shape index (κ2) is 7.60. The summed E-state index contributed by atoms with van der Waals surface area (Å²) in [4.78, 5) is 13.8. The molecule has 0 bridgehead atoms. The Morgan fingerprint density at radius 3 is 2.42 bits per heavy atom. The average molecular weight is 357 g/mol. The van der Waals surface area contributed by atoms with Crippen molar-refractivity contribution in [3.05, 3.63) is 41.2 Å². The molecule has 0 aliphatic carbocycles. The van der Waals surface area contributed by atoms with E-state index in [0.717, 1.165) is 35.9 Å². The van der Waals surface area contributed by atoms with Gasteiger partial charge in [-0.15, -0.1) is 0 Å². The fourth-order valence-corrected chi connectivity index (χ4v) is 3.71. The monoisotopic (exact) mass is 357 g/mol. The number of quaternary nitrogens is 1. The number of nitrogens with one attached hydrogen (secondary N) is 2. The number of aromatic nitrogens is 2. The van der Waals surface area contributed by atoms with Crippen LogP contribution < -0.4 is 10.2 Å². The molecular weight excluding hydrogens is 328 g/mol. The van der Waals surface area contributed by atoms with Gasteiger partial charge in [-0.3, -0.25) is 4.79 Å². The Hall–Kier alpha value is -2.18. The molecule has 1 amide bonds. The number of anilines is 1. The van der Waals surface area contributed by atoms with Crippen molar-refractivity contribution in [1.29, 1.82) is 0 Å². The summed E-state index contributed by atoms with van der Waals surface area (Å²) in [6.07, 6.45) is 0.378. The Morgan fingerprint density at radius 2 is 1.81 bits per heavy atom. The predicted molar refractivity (Wildman–Crippen MR) is 102 cm³/mol. The van der Waals surface area contributed by atoms with Gasteiger partial charge >= 0.3 is 0 Å². The molecule has 0 unspecified atom stereocenters. The summed E-state index contributed by atoms with van der Waals surface area (Å²) in [5.74, 6) is 0.0240. The molecule has 1 aromatic heterocycles. The lowest BCUT2D eigenvalue weighted by atomic mass is 10.2. The van der Waals surface area contributed by atoms with Crippen LogP contribution in [-0.4, -0.2) is 47.5 Å². The highest BCUT2D eigenvalue weighted by molar-refractivity contribution is 5.92. The van der Waals surface area contributed by atoms with Crippen LogP contribution in [0.5, 0.6) is 0 Å². The van der Waals surface area contributed by atoms with Crippen LogP contribution in [0.15, 0.2) is 24.3 Å². The van der Waals surface area contributed by atoms with E-state index in [0.29, 0.717) is 6.54 Å². The summed E-state index contributed by atoms with van der Waals surface area (Å²) in [7, 11) is 0. The molecule has 26 heavy (non-hydrogen) atoms. The molecule has 0 radical (unpaired) electrons. The molecular formula is C20H29N4O2+. The Balaban J connectivity index is 1.71. The van der Waals surface area contributed by atoms with Crippen molar-refractivity contribution in [2.24, 2.45) is 0 Å². The summed E-state index contributed by atoms with van der Waals surface area (Å²) in [5, 5.41) is 7.68. The largest absolute Gasteiger partial charge is 0.364 e. The van der Waals surface area contributed by atoms with E-state index in [1.54, 1.807) is 0 Å². The summed E-state index contributed by atoms with van der Waals surface area (Å²) < 4.78 is 7.63. The van der Waals surface area contributed by atoms with Gasteiger partial charge in [-0.1, -0.05) is 17.7 Å². The van der Waals surface area contributed by atoms with Gasteiger partial charge in [0.1, 0.15) is 25.3 Å². The van der Waals surface area contributed by atoms with Gasteiger partial charge in [0.2, 0.25) is 0 Å². The van der Waals surface area contributed by atoms with E-state index < -0.39 is 0 Å². The van der Waals surface area contributed by atoms with E-state index in [4.69, 9.17) is 4.74 Å². The first-order valence-electron chi connectivity index (χ1n) is 9.25. The van der Waals surface area contributed by atoms with E-state index in [9.17, 15) is 4.79 Å². The Morgan fingerprint density at radius 1 is 1.19 bits per heavy atom. The second-order valence-corrected chi connectivity index (χ2v) is 7.43.